The molecule has 4 bridgehead atoms. The first-order valence-corrected chi connectivity index (χ1v) is 20.5. The fraction of sp³-hybridized carbons (Fsp3) is 0.196. The van der Waals surface area contributed by atoms with Gasteiger partial charge in [-0.3, -0.25) is 19.9 Å². The Kier molecular flexibility index (Phi) is 7.59. The zero-order chi connectivity index (χ0) is 38.2. The van der Waals surface area contributed by atoms with Gasteiger partial charge < -0.3 is 0 Å². The van der Waals surface area contributed by atoms with Crippen molar-refractivity contribution < 1.29 is 0 Å². The van der Waals surface area contributed by atoms with Crippen molar-refractivity contribution in [2.75, 3.05) is 0 Å². The van der Waals surface area contributed by atoms with Crippen LogP contribution >= 0.6 is 0 Å². The third-order valence-corrected chi connectivity index (χ3v) is 13.7. The van der Waals surface area contributed by atoms with Crippen LogP contribution in [0.3, 0.4) is 0 Å². The van der Waals surface area contributed by atoms with Gasteiger partial charge in [0.05, 0.1) is 0 Å². The van der Waals surface area contributed by atoms with Crippen molar-refractivity contribution in [3.8, 4) is 78.7 Å². The Bertz CT molecular complexity index is 2760. The molecule has 5 heterocycles. The van der Waals surface area contributed by atoms with Crippen LogP contribution in [0.1, 0.15) is 43.2 Å². The van der Waals surface area contributed by atoms with Gasteiger partial charge in [-0.25, -0.2) is 15.0 Å². The predicted molar refractivity (Wildman–Crippen MR) is 227 cm³/mol. The lowest BCUT2D eigenvalue weighted by molar-refractivity contribution is -0.0399. The molecule has 0 amide bonds. The maximum atomic E-state index is 5.12. The number of fused-ring (bicyclic) bond motifs is 3. The second kappa shape index (κ2) is 13.2. The van der Waals surface area contributed by atoms with Gasteiger partial charge in [-0.05, 0) is 179 Å². The molecule has 0 aliphatic heterocycles. The molecule has 4 saturated carbocycles. The summed E-state index contributed by atoms with van der Waals surface area (Å²) in [6.07, 6.45) is 21.4. The van der Waals surface area contributed by atoms with Crippen LogP contribution in [-0.2, 0) is 5.41 Å². The van der Waals surface area contributed by atoms with Crippen molar-refractivity contribution in [1.82, 2.24) is 34.9 Å². The number of hydrogen-bond donors (Lipinski definition) is 0. The third kappa shape index (κ3) is 5.29. The van der Waals surface area contributed by atoms with Gasteiger partial charge in [-0.2, -0.15) is 0 Å². The molecule has 278 valence electrons. The van der Waals surface area contributed by atoms with Crippen LogP contribution in [0.4, 0.5) is 0 Å². The van der Waals surface area contributed by atoms with Crippen LogP contribution < -0.4 is 0 Å². The normalized spacial score (nSPS) is 22.2. The summed E-state index contributed by atoms with van der Waals surface area (Å²) in [5.74, 6) is 4.85. The summed E-state index contributed by atoms with van der Waals surface area (Å²) < 4.78 is 0. The Morgan fingerprint density at radius 1 is 0.362 bits per heavy atom. The Morgan fingerprint density at radius 3 is 1.50 bits per heavy atom. The minimum atomic E-state index is 0.0295. The van der Waals surface area contributed by atoms with Gasteiger partial charge in [-0.15, -0.1) is 0 Å². The highest BCUT2D eigenvalue weighted by molar-refractivity contribution is 5.89. The summed E-state index contributed by atoms with van der Waals surface area (Å²) in [6.45, 7) is 0. The summed E-state index contributed by atoms with van der Waals surface area (Å²) >= 11 is 0. The summed E-state index contributed by atoms with van der Waals surface area (Å²) in [4.78, 5) is 32.5. The molecule has 13 rings (SSSR count). The van der Waals surface area contributed by atoms with Crippen LogP contribution in [-0.4, -0.2) is 34.9 Å². The molecule has 8 aromatic rings. The molecule has 3 aromatic carbocycles. The van der Waals surface area contributed by atoms with E-state index in [2.05, 4.69) is 92.7 Å². The smallest absolute Gasteiger partial charge is 0.164 e. The number of pyridine rings is 4. The molecule has 0 atom stereocenters. The largest absolute Gasteiger partial charge is 0.265 e. The van der Waals surface area contributed by atoms with Gasteiger partial charge in [0.1, 0.15) is 0 Å². The summed E-state index contributed by atoms with van der Waals surface area (Å²) in [7, 11) is 0. The van der Waals surface area contributed by atoms with Gasteiger partial charge in [0, 0.05) is 77.2 Å². The molecule has 7 nitrogen and oxygen atoms in total. The highest BCUT2D eigenvalue weighted by Crippen LogP contribution is 2.69. The van der Waals surface area contributed by atoms with Crippen molar-refractivity contribution in [3.05, 3.63) is 164 Å². The number of rotatable bonds is 6. The van der Waals surface area contributed by atoms with E-state index >= 15 is 0 Å². The first kappa shape index (κ1) is 33.4. The maximum Gasteiger partial charge on any atom is 0.164 e. The van der Waals surface area contributed by atoms with Crippen LogP contribution in [0, 0.1) is 23.7 Å². The molecule has 1 spiro atoms. The highest BCUT2D eigenvalue weighted by Gasteiger charge is 2.61. The highest BCUT2D eigenvalue weighted by atomic mass is 15.0. The van der Waals surface area contributed by atoms with Crippen LogP contribution in [0.15, 0.2) is 153 Å². The first-order chi connectivity index (χ1) is 28.7. The summed E-state index contributed by atoms with van der Waals surface area (Å²) in [6, 6.07) is 37.5. The van der Waals surface area contributed by atoms with Crippen LogP contribution in [0.5, 0.6) is 0 Å². The molecular formula is C51H39N7. The van der Waals surface area contributed by atoms with E-state index in [0.29, 0.717) is 29.3 Å². The first-order valence-electron chi connectivity index (χ1n) is 20.5. The van der Waals surface area contributed by atoms with Gasteiger partial charge >= 0.3 is 0 Å². The molecule has 0 N–H and O–H groups in total. The molecule has 0 saturated heterocycles. The van der Waals surface area contributed by atoms with E-state index in [1.54, 1.807) is 30.4 Å². The van der Waals surface area contributed by atoms with Gasteiger partial charge in [0.2, 0.25) is 0 Å². The lowest BCUT2D eigenvalue weighted by Gasteiger charge is -2.61. The lowest BCUT2D eigenvalue weighted by atomic mass is 9.43. The predicted octanol–water partition coefficient (Wildman–Crippen LogP) is 11.2. The number of benzene rings is 3. The van der Waals surface area contributed by atoms with E-state index in [1.807, 2.05) is 55.1 Å². The molecule has 7 heteroatoms. The molecule has 5 aliphatic rings. The van der Waals surface area contributed by atoms with E-state index < -0.39 is 0 Å². The van der Waals surface area contributed by atoms with Crippen molar-refractivity contribution in [2.45, 2.75) is 37.5 Å². The maximum absolute atomic E-state index is 5.12. The average molecular weight is 750 g/mol. The topological polar surface area (TPSA) is 90.2 Å². The average Bonchev–Trinajstić information content (AvgIpc) is 3.58. The van der Waals surface area contributed by atoms with Crippen molar-refractivity contribution in [1.29, 1.82) is 0 Å². The minimum absolute atomic E-state index is 0.0295. The Morgan fingerprint density at radius 2 is 0.897 bits per heavy atom. The zero-order valence-corrected chi connectivity index (χ0v) is 31.9. The van der Waals surface area contributed by atoms with Crippen molar-refractivity contribution >= 4 is 0 Å². The second-order valence-corrected chi connectivity index (χ2v) is 16.7. The van der Waals surface area contributed by atoms with E-state index in [1.165, 1.54) is 65.5 Å². The fourth-order valence-electron chi connectivity index (χ4n) is 11.5. The zero-order valence-electron chi connectivity index (χ0n) is 31.9. The second-order valence-electron chi connectivity index (χ2n) is 16.7. The van der Waals surface area contributed by atoms with E-state index in [0.717, 1.165) is 45.2 Å². The van der Waals surface area contributed by atoms with Gasteiger partial charge in [0.25, 0.3) is 0 Å². The van der Waals surface area contributed by atoms with Gasteiger partial charge in [-0.1, -0.05) is 30.3 Å². The molecule has 58 heavy (non-hydrogen) atoms. The fourth-order valence-corrected chi connectivity index (χ4v) is 11.5. The number of hydrogen-bond acceptors (Lipinski definition) is 7. The lowest BCUT2D eigenvalue weighted by Crippen LogP contribution is -2.55. The Labute approximate surface area is 337 Å². The Hall–Kier alpha value is -6.73. The minimum Gasteiger partial charge on any atom is -0.265 e. The quantitative estimate of drug-likeness (QED) is 0.167. The number of aromatic nitrogens is 7. The number of nitrogens with zero attached hydrogens (tertiary/aromatic N) is 7. The SMILES string of the molecule is c1cncc(-c2cc(-c3ccc4c(c3)C3(c5ccc(-c6ccncc6)cc5-4)C4CC5CC(C4)CC3C5)cc(-c3nc(-c4ccncc4)nc(-c4ccncc4)n3)c2)c1. The standard InChI is InChI=1S/C51H39N7/c1-2-38(30-55-13-1)40-25-39(26-41(27-40)50-57-48(34-9-16-53-17-10-34)56-49(58-50)35-11-18-54-19-12-35)37-3-5-44-45-28-36(33-7-14-52-15-8-33)4-6-46(45)51(47(44)29-37)42-21-31-20-32(23-42)24-43(51)22-31/h1-19,25-32,42-43H,20-24H2. The molecule has 0 unspecified atom stereocenters. The molecule has 4 fully saturated rings. The molecular weight excluding hydrogens is 711 g/mol. The third-order valence-electron chi connectivity index (χ3n) is 13.7. The van der Waals surface area contributed by atoms with Crippen molar-refractivity contribution in [3.63, 3.8) is 0 Å². The monoisotopic (exact) mass is 749 g/mol. The summed E-state index contributed by atoms with van der Waals surface area (Å²) in [5.41, 5.74) is 15.5. The van der Waals surface area contributed by atoms with E-state index in [-0.39, 0.29) is 5.41 Å². The van der Waals surface area contributed by atoms with Gasteiger partial charge in [0.15, 0.2) is 17.5 Å². The van der Waals surface area contributed by atoms with E-state index in [9.17, 15) is 0 Å². The summed E-state index contributed by atoms with van der Waals surface area (Å²) in [5, 5.41) is 0. The Balaban J connectivity index is 1.06. The molecule has 5 aromatic heterocycles. The molecule has 0 radical (unpaired) electrons. The van der Waals surface area contributed by atoms with Crippen molar-refractivity contribution in [2.24, 2.45) is 23.7 Å². The molecule has 5 aliphatic carbocycles. The van der Waals surface area contributed by atoms with E-state index in [4.69, 9.17) is 15.0 Å². The van der Waals surface area contributed by atoms with Crippen LogP contribution in [0.25, 0.3) is 78.7 Å². The van der Waals surface area contributed by atoms with Crippen LogP contribution in [0.2, 0.25) is 0 Å².